The zero-order valence-electron chi connectivity index (χ0n) is 14.2. The maximum atomic E-state index is 6.11. The van der Waals surface area contributed by atoms with Crippen LogP contribution in [0.3, 0.4) is 0 Å². The highest BCUT2D eigenvalue weighted by molar-refractivity contribution is 6.30. The van der Waals surface area contributed by atoms with Crippen LogP contribution in [0.15, 0.2) is 60.9 Å². The molecule has 1 N–H and O–H groups in total. The Bertz CT molecular complexity index is 864. The third-order valence-electron chi connectivity index (χ3n) is 4.81. The summed E-state index contributed by atoms with van der Waals surface area (Å²) in [6, 6.07) is 17.2. The average Bonchev–Trinajstić information content (AvgIpc) is 2.62. The van der Waals surface area contributed by atoms with E-state index in [1.165, 1.54) is 34.9 Å². The fourth-order valence-corrected chi connectivity index (χ4v) is 3.83. The molecule has 1 fully saturated rings. The Morgan fingerprint density at radius 3 is 3.00 bits per heavy atom. The van der Waals surface area contributed by atoms with Crippen molar-refractivity contribution in [1.29, 1.82) is 0 Å². The Kier molecular flexibility index (Phi) is 4.86. The van der Waals surface area contributed by atoms with Crippen LogP contribution < -0.4 is 5.32 Å². The van der Waals surface area contributed by atoms with Gasteiger partial charge in [0, 0.05) is 47.6 Å². The largest absolute Gasteiger partial charge is 0.381 e. The first-order valence-corrected chi connectivity index (χ1v) is 9.21. The van der Waals surface area contributed by atoms with Crippen LogP contribution >= 0.6 is 11.6 Å². The second-order valence-corrected chi connectivity index (χ2v) is 7.22. The molecule has 2 heterocycles. The molecule has 3 aromatic rings. The Morgan fingerprint density at radius 2 is 2.08 bits per heavy atom. The van der Waals surface area contributed by atoms with Gasteiger partial charge in [-0.05, 0) is 60.7 Å². The average molecular weight is 352 g/mol. The third kappa shape index (κ3) is 4.12. The lowest BCUT2D eigenvalue weighted by Crippen LogP contribution is -2.41. The second kappa shape index (κ2) is 7.42. The van der Waals surface area contributed by atoms with E-state index in [9.17, 15) is 0 Å². The summed E-state index contributed by atoms with van der Waals surface area (Å²) in [6.07, 6.45) is 6.18. The lowest BCUT2D eigenvalue weighted by molar-refractivity contribution is 0.208. The normalized spacial score (nSPS) is 18.4. The number of halogens is 1. The summed E-state index contributed by atoms with van der Waals surface area (Å²) < 4.78 is 0. The summed E-state index contributed by atoms with van der Waals surface area (Å²) in [6.45, 7) is 3.16. The first-order valence-electron chi connectivity index (χ1n) is 8.83. The topological polar surface area (TPSA) is 28.2 Å². The minimum absolute atomic E-state index is 0.479. The lowest BCUT2D eigenvalue weighted by Gasteiger charge is -2.33. The van der Waals surface area contributed by atoms with Gasteiger partial charge in [-0.2, -0.15) is 0 Å². The molecular formula is C21H22ClN3. The molecule has 1 aliphatic heterocycles. The van der Waals surface area contributed by atoms with E-state index in [4.69, 9.17) is 11.6 Å². The van der Waals surface area contributed by atoms with Crippen LogP contribution in [-0.2, 0) is 6.54 Å². The van der Waals surface area contributed by atoms with Gasteiger partial charge in [0.15, 0.2) is 0 Å². The highest BCUT2D eigenvalue weighted by atomic mass is 35.5. The molecule has 4 rings (SSSR count). The SMILES string of the molecule is Clc1cccc(CN2CCC[C@@H](Nc3ccc4cnccc4c3)C2)c1. The van der Waals surface area contributed by atoms with Crippen molar-refractivity contribution in [2.45, 2.75) is 25.4 Å². The van der Waals surface area contributed by atoms with E-state index in [1.54, 1.807) is 0 Å². The predicted molar refractivity (Wildman–Crippen MR) is 105 cm³/mol. The predicted octanol–water partition coefficient (Wildman–Crippen LogP) is 4.96. The maximum Gasteiger partial charge on any atom is 0.0409 e. The van der Waals surface area contributed by atoms with Crippen LogP contribution in [0.25, 0.3) is 10.8 Å². The summed E-state index contributed by atoms with van der Waals surface area (Å²) in [7, 11) is 0. The number of pyridine rings is 1. The Morgan fingerprint density at radius 1 is 1.12 bits per heavy atom. The van der Waals surface area contributed by atoms with E-state index in [1.807, 2.05) is 24.5 Å². The zero-order valence-corrected chi connectivity index (χ0v) is 14.9. The molecule has 0 aliphatic carbocycles. The standard InChI is InChI=1S/C21H22ClN3/c22-19-4-1-3-16(11-19)14-25-10-2-5-21(15-25)24-20-7-6-18-13-23-9-8-17(18)12-20/h1,3-4,6-9,11-13,21,24H,2,5,10,14-15H2/t21-/m1/s1. The van der Waals surface area contributed by atoms with Gasteiger partial charge in [0.25, 0.3) is 0 Å². The van der Waals surface area contributed by atoms with Crippen molar-refractivity contribution in [3.8, 4) is 0 Å². The van der Waals surface area contributed by atoms with Crippen molar-refractivity contribution in [3.63, 3.8) is 0 Å². The number of hydrogen-bond acceptors (Lipinski definition) is 3. The van der Waals surface area contributed by atoms with Gasteiger partial charge >= 0.3 is 0 Å². The number of nitrogens with one attached hydrogen (secondary N) is 1. The third-order valence-corrected chi connectivity index (χ3v) is 5.05. The number of anilines is 1. The number of fused-ring (bicyclic) bond motifs is 1. The van der Waals surface area contributed by atoms with Gasteiger partial charge in [0.1, 0.15) is 0 Å². The number of piperidine rings is 1. The fraction of sp³-hybridized carbons (Fsp3) is 0.286. The van der Waals surface area contributed by atoms with Crippen LogP contribution in [0, 0.1) is 0 Å². The van der Waals surface area contributed by atoms with Crippen LogP contribution in [0.1, 0.15) is 18.4 Å². The highest BCUT2D eigenvalue weighted by Crippen LogP contribution is 2.22. The number of likely N-dealkylation sites (tertiary alicyclic amines) is 1. The van der Waals surface area contributed by atoms with Crippen molar-refractivity contribution in [3.05, 3.63) is 71.5 Å². The Labute approximate surface area is 153 Å². The molecule has 0 saturated carbocycles. The molecule has 25 heavy (non-hydrogen) atoms. The molecule has 0 spiro atoms. The molecule has 0 amide bonds. The summed E-state index contributed by atoms with van der Waals surface area (Å²) in [4.78, 5) is 6.69. The van der Waals surface area contributed by atoms with Crippen LogP contribution in [0.2, 0.25) is 5.02 Å². The lowest BCUT2D eigenvalue weighted by atomic mass is 10.0. The van der Waals surface area contributed by atoms with Crippen LogP contribution in [-0.4, -0.2) is 29.0 Å². The minimum atomic E-state index is 0.479. The van der Waals surface area contributed by atoms with Crippen molar-refractivity contribution in [2.24, 2.45) is 0 Å². The minimum Gasteiger partial charge on any atom is -0.381 e. The number of benzene rings is 2. The van der Waals surface area contributed by atoms with Gasteiger partial charge in [-0.15, -0.1) is 0 Å². The van der Waals surface area contributed by atoms with E-state index in [2.05, 4.69) is 51.6 Å². The molecule has 128 valence electrons. The van der Waals surface area contributed by atoms with E-state index in [-0.39, 0.29) is 0 Å². The molecule has 1 aromatic heterocycles. The molecule has 2 aromatic carbocycles. The highest BCUT2D eigenvalue weighted by Gasteiger charge is 2.20. The molecule has 0 bridgehead atoms. The van der Waals surface area contributed by atoms with Gasteiger partial charge in [-0.3, -0.25) is 9.88 Å². The number of rotatable bonds is 4. The van der Waals surface area contributed by atoms with Crippen molar-refractivity contribution in [1.82, 2.24) is 9.88 Å². The van der Waals surface area contributed by atoms with Crippen molar-refractivity contribution >= 4 is 28.1 Å². The van der Waals surface area contributed by atoms with Gasteiger partial charge in [-0.25, -0.2) is 0 Å². The molecule has 4 heteroatoms. The Balaban J connectivity index is 1.42. The summed E-state index contributed by atoms with van der Waals surface area (Å²) in [5.74, 6) is 0. The monoisotopic (exact) mass is 351 g/mol. The van der Waals surface area contributed by atoms with Crippen molar-refractivity contribution < 1.29 is 0 Å². The number of aromatic nitrogens is 1. The second-order valence-electron chi connectivity index (χ2n) is 6.79. The molecular weight excluding hydrogens is 330 g/mol. The number of nitrogens with zero attached hydrogens (tertiary/aromatic N) is 2. The molecule has 3 nitrogen and oxygen atoms in total. The Hall–Kier alpha value is -2.10. The van der Waals surface area contributed by atoms with Crippen LogP contribution in [0.4, 0.5) is 5.69 Å². The van der Waals surface area contributed by atoms with Gasteiger partial charge in [0.05, 0.1) is 0 Å². The van der Waals surface area contributed by atoms with E-state index < -0.39 is 0 Å². The van der Waals surface area contributed by atoms with Gasteiger partial charge < -0.3 is 5.32 Å². The molecule has 1 atom stereocenters. The molecule has 1 aliphatic rings. The molecule has 1 saturated heterocycles. The van der Waals surface area contributed by atoms with E-state index >= 15 is 0 Å². The summed E-state index contributed by atoms with van der Waals surface area (Å²) in [5, 5.41) is 6.93. The maximum absolute atomic E-state index is 6.11. The molecule has 0 radical (unpaired) electrons. The molecule has 0 unspecified atom stereocenters. The summed E-state index contributed by atoms with van der Waals surface area (Å²) in [5.41, 5.74) is 2.47. The first-order chi connectivity index (χ1) is 12.3. The van der Waals surface area contributed by atoms with Crippen LogP contribution in [0.5, 0.6) is 0 Å². The first kappa shape index (κ1) is 16.4. The smallest absolute Gasteiger partial charge is 0.0409 e. The number of hydrogen-bond donors (Lipinski definition) is 1. The van der Waals surface area contributed by atoms with Gasteiger partial charge in [-0.1, -0.05) is 29.8 Å². The van der Waals surface area contributed by atoms with Crippen molar-refractivity contribution in [2.75, 3.05) is 18.4 Å². The van der Waals surface area contributed by atoms with E-state index in [0.717, 1.165) is 24.7 Å². The van der Waals surface area contributed by atoms with E-state index in [0.29, 0.717) is 6.04 Å². The zero-order chi connectivity index (χ0) is 17.1. The quantitative estimate of drug-likeness (QED) is 0.719. The summed E-state index contributed by atoms with van der Waals surface area (Å²) >= 11 is 6.11. The van der Waals surface area contributed by atoms with Gasteiger partial charge in [0.2, 0.25) is 0 Å². The fourth-order valence-electron chi connectivity index (χ4n) is 3.62.